The van der Waals surface area contributed by atoms with Crippen LogP contribution in [0.2, 0.25) is 0 Å². The molecule has 0 spiro atoms. The van der Waals surface area contributed by atoms with Crippen molar-refractivity contribution < 1.29 is 8.78 Å². The fourth-order valence-corrected chi connectivity index (χ4v) is 3.99. The molecule has 20 heavy (non-hydrogen) atoms. The zero-order valence-corrected chi connectivity index (χ0v) is 14.7. The van der Waals surface area contributed by atoms with Gasteiger partial charge >= 0.3 is 0 Å². The maximum Gasteiger partial charge on any atom is 0.129 e. The van der Waals surface area contributed by atoms with Crippen LogP contribution in [-0.2, 0) is 13.0 Å². The first-order valence-electron chi connectivity index (χ1n) is 6.07. The van der Waals surface area contributed by atoms with E-state index in [1.165, 1.54) is 18.2 Å². The number of nitrogens with one attached hydrogen (secondary N) is 1. The number of rotatable bonds is 5. The zero-order valence-electron chi connectivity index (χ0n) is 10.7. The van der Waals surface area contributed by atoms with E-state index in [-0.39, 0.29) is 11.6 Å². The maximum atomic E-state index is 13.6. The highest BCUT2D eigenvalue weighted by molar-refractivity contribution is 9.13. The molecule has 0 bridgehead atoms. The quantitative estimate of drug-likeness (QED) is 0.689. The Balaban J connectivity index is 1.94. The predicted octanol–water partition coefficient (Wildman–Crippen LogP) is 5.27. The Hall–Kier alpha value is -0.300. The molecule has 0 amide bonds. The molecule has 1 atom stereocenters. The third kappa shape index (κ3) is 4.10. The standard InChI is InChI=1S/C14H13Br2F2NS/c1-8(5-10-12(17)3-2-4-13(10)18)19-7-9-6-11(15)14(16)20-9/h2-4,6,8,19H,5,7H2,1H3. The monoisotopic (exact) mass is 423 g/mol. The van der Waals surface area contributed by atoms with Crippen molar-refractivity contribution in [3.63, 3.8) is 0 Å². The van der Waals surface area contributed by atoms with E-state index in [0.717, 1.165) is 13.1 Å². The molecule has 1 unspecified atom stereocenters. The van der Waals surface area contributed by atoms with Crippen molar-refractivity contribution in [1.82, 2.24) is 5.32 Å². The highest BCUT2D eigenvalue weighted by Gasteiger charge is 2.13. The van der Waals surface area contributed by atoms with Gasteiger partial charge in [-0.25, -0.2) is 8.78 Å². The number of hydrogen-bond donors (Lipinski definition) is 1. The van der Waals surface area contributed by atoms with Gasteiger partial charge in [0.05, 0.1) is 3.79 Å². The number of thiophene rings is 1. The van der Waals surface area contributed by atoms with Crippen LogP contribution in [0.25, 0.3) is 0 Å². The second-order valence-corrected chi connectivity index (χ2v) is 7.83. The van der Waals surface area contributed by atoms with Crippen molar-refractivity contribution in [3.8, 4) is 0 Å². The summed E-state index contributed by atoms with van der Waals surface area (Å²) < 4.78 is 29.2. The van der Waals surface area contributed by atoms with E-state index in [4.69, 9.17) is 0 Å². The Morgan fingerprint density at radius 1 is 1.25 bits per heavy atom. The summed E-state index contributed by atoms with van der Waals surface area (Å²) in [4.78, 5) is 1.16. The Morgan fingerprint density at radius 2 is 1.90 bits per heavy atom. The van der Waals surface area contributed by atoms with Gasteiger partial charge in [0.25, 0.3) is 0 Å². The first-order valence-corrected chi connectivity index (χ1v) is 8.47. The summed E-state index contributed by atoms with van der Waals surface area (Å²) in [6, 6.07) is 5.98. The van der Waals surface area contributed by atoms with Gasteiger partial charge in [-0.3, -0.25) is 0 Å². The molecule has 0 aliphatic rings. The van der Waals surface area contributed by atoms with Crippen molar-refractivity contribution in [2.75, 3.05) is 0 Å². The molecular formula is C14H13Br2F2NS. The molecular weight excluding hydrogens is 412 g/mol. The summed E-state index contributed by atoms with van der Waals surface area (Å²) in [6.45, 7) is 2.59. The lowest BCUT2D eigenvalue weighted by atomic mass is 10.1. The SMILES string of the molecule is CC(Cc1c(F)cccc1F)NCc1cc(Br)c(Br)s1. The van der Waals surface area contributed by atoms with Gasteiger partial charge in [-0.1, -0.05) is 6.07 Å². The summed E-state index contributed by atoms with van der Waals surface area (Å²) in [7, 11) is 0. The lowest BCUT2D eigenvalue weighted by Crippen LogP contribution is -2.28. The van der Waals surface area contributed by atoms with E-state index in [1.807, 2.05) is 13.0 Å². The molecule has 1 nitrogen and oxygen atoms in total. The van der Waals surface area contributed by atoms with E-state index in [9.17, 15) is 8.78 Å². The fraction of sp³-hybridized carbons (Fsp3) is 0.286. The average molecular weight is 425 g/mol. The lowest BCUT2D eigenvalue weighted by Gasteiger charge is -2.14. The number of benzene rings is 1. The molecule has 1 N–H and O–H groups in total. The summed E-state index contributed by atoms with van der Waals surface area (Å²) in [6.07, 6.45) is 0.326. The van der Waals surface area contributed by atoms with E-state index >= 15 is 0 Å². The molecule has 0 radical (unpaired) electrons. The van der Waals surface area contributed by atoms with Gasteiger partial charge in [-0.05, 0) is 63.4 Å². The summed E-state index contributed by atoms with van der Waals surface area (Å²) in [5.74, 6) is -0.972. The molecule has 0 aliphatic carbocycles. The molecule has 0 saturated carbocycles. The summed E-state index contributed by atoms with van der Waals surface area (Å²) >= 11 is 8.50. The molecule has 108 valence electrons. The predicted molar refractivity (Wildman–Crippen MR) is 86.1 cm³/mol. The molecule has 0 aliphatic heterocycles. The van der Waals surface area contributed by atoms with E-state index in [0.29, 0.717) is 13.0 Å². The zero-order chi connectivity index (χ0) is 14.7. The highest BCUT2D eigenvalue weighted by Crippen LogP contribution is 2.32. The molecule has 2 rings (SSSR count). The van der Waals surface area contributed by atoms with Crippen LogP contribution in [-0.4, -0.2) is 6.04 Å². The van der Waals surface area contributed by atoms with Crippen LogP contribution >= 0.6 is 43.2 Å². The smallest absolute Gasteiger partial charge is 0.129 e. The molecule has 0 fully saturated rings. The first-order chi connectivity index (χ1) is 9.47. The van der Waals surface area contributed by atoms with Gasteiger partial charge in [0.1, 0.15) is 11.6 Å². The van der Waals surface area contributed by atoms with E-state index < -0.39 is 11.6 Å². The van der Waals surface area contributed by atoms with Gasteiger partial charge < -0.3 is 5.32 Å². The third-order valence-corrected chi connectivity index (χ3v) is 6.15. The minimum absolute atomic E-state index is 0.0129. The molecule has 2 aromatic rings. The van der Waals surface area contributed by atoms with Gasteiger partial charge in [-0.15, -0.1) is 11.3 Å². The lowest BCUT2D eigenvalue weighted by molar-refractivity contribution is 0.501. The van der Waals surface area contributed by atoms with Gasteiger partial charge in [-0.2, -0.15) is 0 Å². The summed E-state index contributed by atoms with van der Waals surface area (Å²) in [5.41, 5.74) is 0.140. The second kappa shape index (κ2) is 7.11. The fourth-order valence-electron chi connectivity index (χ4n) is 1.86. The molecule has 6 heteroatoms. The van der Waals surface area contributed by atoms with Gasteiger partial charge in [0.15, 0.2) is 0 Å². The van der Waals surface area contributed by atoms with E-state index in [2.05, 4.69) is 37.2 Å². The van der Waals surface area contributed by atoms with Crippen molar-refractivity contribution in [3.05, 3.63) is 54.6 Å². The Labute approximate surface area is 137 Å². The third-order valence-electron chi connectivity index (χ3n) is 2.89. The summed E-state index contributed by atoms with van der Waals surface area (Å²) in [5, 5.41) is 3.28. The van der Waals surface area contributed by atoms with Crippen LogP contribution in [0, 0.1) is 11.6 Å². The highest BCUT2D eigenvalue weighted by atomic mass is 79.9. The average Bonchev–Trinajstić information content (AvgIpc) is 2.71. The van der Waals surface area contributed by atoms with Crippen LogP contribution in [0.5, 0.6) is 0 Å². The largest absolute Gasteiger partial charge is 0.309 e. The Morgan fingerprint density at radius 3 is 2.45 bits per heavy atom. The van der Waals surface area contributed by atoms with Crippen molar-refractivity contribution in [2.45, 2.75) is 25.9 Å². The van der Waals surface area contributed by atoms with Crippen molar-refractivity contribution in [2.24, 2.45) is 0 Å². The minimum Gasteiger partial charge on any atom is -0.309 e. The molecule has 1 aromatic carbocycles. The molecule has 1 heterocycles. The van der Waals surface area contributed by atoms with Crippen molar-refractivity contribution >= 4 is 43.2 Å². The minimum atomic E-state index is -0.486. The van der Waals surface area contributed by atoms with Crippen LogP contribution in [0.3, 0.4) is 0 Å². The maximum absolute atomic E-state index is 13.6. The van der Waals surface area contributed by atoms with Gasteiger partial charge in [0, 0.05) is 27.5 Å². The molecule has 0 saturated heterocycles. The van der Waals surface area contributed by atoms with Crippen LogP contribution in [0.15, 0.2) is 32.5 Å². The Kier molecular flexibility index (Phi) is 5.72. The van der Waals surface area contributed by atoms with E-state index in [1.54, 1.807) is 11.3 Å². The first kappa shape index (κ1) is 16.1. The van der Waals surface area contributed by atoms with Gasteiger partial charge in [0.2, 0.25) is 0 Å². The van der Waals surface area contributed by atoms with Crippen molar-refractivity contribution in [1.29, 1.82) is 0 Å². The normalized spacial score (nSPS) is 12.7. The Bertz CT molecular complexity index is 561. The number of hydrogen-bond acceptors (Lipinski definition) is 2. The second-order valence-electron chi connectivity index (χ2n) is 4.52. The van der Waals surface area contributed by atoms with Crippen LogP contribution < -0.4 is 5.32 Å². The molecule has 1 aromatic heterocycles. The number of halogens is 4. The van der Waals surface area contributed by atoms with Crippen LogP contribution in [0.1, 0.15) is 17.4 Å². The topological polar surface area (TPSA) is 12.0 Å². The van der Waals surface area contributed by atoms with Crippen LogP contribution in [0.4, 0.5) is 8.78 Å².